The number of nitrogens with one attached hydrogen (secondary N) is 2. The Kier molecular flexibility index (Phi) is 8.29. The second-order valence-corrected chi connectivity index (χ2v) is 12.4. The number of hydrogen-bond donors (Lipinski definition) is 2. The fourth-order valence-electron chi connectivity index (χ4n) is 7.22. The molecule has 5 rings (SSSR count). The van der Waals surface area contributed by atoms with Gasteiger partial charge < -0.3 is 0 Å². The summed E-state index contributed by atoms with van der Waals surface area (Å²) in [4.78, 5) is 18.1. The van der Waals surface area contributed by atoms with Crippen molar-refractivity contribution in [3.63, 3.8) is 0 Å². The Hall–Kier alpha value is -2.14. The van der Waals surface area contributed by atoms with Gasteiger partial charge in [0.05, 0.1) is 23.9 Å². The number of likely N-dealkylation sites (tertiary alicyclic amines) is 1. The maximum Gasteiger partial charge on any atom is 0.418 e. The lowest BCUT2D eigenvalue weighted by Crippen LogP contribution is -2.46. The SMILES string of the molecule is C=C(C)C[C@@H](C1CCCC(n2cc3c(C(F)(F)F)cc(CN4CCC[C@H](C)C4)cn3c2=O)C1)C1NNCN1C. The topological polar surface area (TPSA) is 57.0 Å². The quantitative estimate of drug-likeness (QED) is 0.478. The van der Waals surface area contributed by atoms with Crippen LogP contribution in [-0.4, -0.2) is 51.7 Å². The summed E-state index contributed by atoms with van der Waals surface area (Å²) in [6, 6.07) is 1.12. The molecule has 3 fully saturated rings. The number of nitrogens with zero attached hydrogens (tertiary/aromatic N) is 4. The summed E-state index contributed by atoms with van der Waals surface area (Å²) in [7, 11) is 2.08. The molecule has 5 atom stereocenters. The lowest BCUT2D eigenvalue weighted by atomic mass is 9.74. The average Bonchev–Trinajstić information content (AvgIpc) is 3.44. The summed E-state index contributed by atoms with van der Waals surface area (Å²) >= 11 is 0. The van der Waals surface area contributed by atoms with E-state index in [1.807, 2.05) is 6.92 Å². The van der Waals surface area contributed by atoms with Crippen molar-refractivity contribution in [3.05, 3.63) is 52.2 Å². The molecule has 3 unspecified atom stereocenters. The van der Waals surface area contributed by atoms with Gasteiger partial charge in [0.1, 0.15) is 0 Å². The van der Waals surface area contributed by atoms with Crippen molar-refractivity contribution >= 4 is 5.52 Å². The molecule has 2 N–H and O–H groups in total. The van der Waals surface area contributed by atoms with Crippen LogP contribution in [0.25, 0.3) is 5.52 Å². The number of hydrazine groups is 1. The van der Waals surface area contributed by atoms with E-state index >= 15 is 0 Å². The molecule has 0 amide bonds. The summed E-state index contributed by atoms with van der Waals surface area (Å²) in [6.07, 6.45) is 5.29. The van der Waals surface area contributed by atoms with Crippen LogP contribution in [0.15, 0.2) is 35.4 Å². The highest BCUT2D eigenvalue weighted by atomic mass is 19.4. The number of alkyl halides is 3. The number of pyridine rings is 1. The van der Waals surface area contributed by atoms with Crippen molar-refractivity contribution in [3.8, 4) is 0 Å². The standard InChI is InChI=1S/C29H43F3N6O/c1-19(2)11-24(27-34-33-18-35(27)4)22-8-5-9-23(13-22)37-17-26-25(29(30,31)32)12-21(16-38(26)28(37)39)15-36-10-6-7-20(3)14-36/h12,16-17,20,22-24,27,33-34H,1,5-11,13-15,18H2,2-4H3/t20-,22?,23?,24-,27?/m0/s1. The highest BCUT2D eigenvalue weighted by molar-refractivity contribution is 5.56. The number of halogens is 3. The van der Waals surface area contributed by atoms with E-state index in [1.165, 1.54) is 16.7 Å². The van der Waals surface area contributed by atoms with E-state index in [9.17, 15) is 18.0 Å². The number of piperidine rings is 1. The second-order valence-electron chi connectivity index (χ2n) is 12.4. The molecule has 0 aromatic carbocycles. The molecule has 39 heavy (non-hydrogen) atoms. The number of hydrogen-bond acceptors (Lipinski definition) is 5. The van der Waals surface area contributed by atoms with E-state index in [2.05, 4.69) is 41.2 Å². The average molecular weight is 549 g/mol. The Morgan fingerprint density at radius 1 is 1.21 bits per heavy atom. The summed E-state index contributed by atoms with van der Waals surface area (Å²) in [6.45, 7) is 11.3. The number of allylic oxidation sites excluding steroid dienone is 1. The van der Waals surface area contributed by atoms with Crippen LogP contribution in [0.2, 0.25) is 0 Å². The predicted octanol–water partition coefficient (Wildman–Crippen LogP) is 4.99. The summed E-state index contributed by atoms with van der Waals surface area (Å²) in [5.41, 5.74) is 7.12. The summed E-state index contributed by atoms with van der Waals surface area (Å²) in [5, 5.41) is 0. The van der Waals surface area contributed by atoms with Crippen LogP contribution in [0.3, 0.4) is 0 Å². The van der Waals surface area contributed by atoms with Gasteiger partial charge in [0.15, 0.2) is 0 Å². The minimum absolute atomic E-state index is 0.0507. The van der Waals surface area contributed by atoms with Gasteiger partial charge in [-0.25, -0.2) is 15.6 Å². The molecule has 1 saturated carbocycles. The Morgan fingerprint density at radius 2 is 2.00 bits per heavy atom. The second kappa shape index (κ2) is 11.4. The Balaban J connectivity index is 1.46. The minimum atomic E-state index is -4.54. The molecule has 10 heteroatoms. The van der Waals surface area contributed by atoms with Gasteiger partial charge in [0, 0.05) is 31.5 Å². The molecular formula is C29H43F3N6O. The third-order valence-electron chi connectivity index (χ3n) is 9.03. The van der Waals surface area contributed by atoms with Crippen LogP contribution >= 0.6 is 0 Å². The first-order chi connectivity index (χ1) is 18.5. The van der Waals surface area contributed by atoms with E-state index in [0.717, 1.165) is 70.3 Å². The molecule has 0 bridgehead atoms. The van der Waals surface area contributed by atoms with Crippen LogP contribution in [0, 0.1) is 17.8 Å². The monoisotopic (exact) mass is 548 g/mol. The number of rotatable bonds is 7. The van der Waals surface area contributed by atoms with Crippen LogP contribution in [0.4, 0.5) is 13.2 Å². The smallest absolute Gasteiger partial charge is 0.299 e. The van der Waals surface area contributed by atoms with Crippen molar-refractivity contribution in [2.75, 3.05) is 26.8 Å². The van der Waals surface area contributed by atoms with Crippen LogP contribution in [0.5, 0.6) is 0 Å². The van der Waals surface area contributed by atoms with Crippen molar-refractivity contribution in [1.29, 1.82) is 0 Å². The normalized spacial score (nSPS) is 28.3. The van der Waals surface area contributed by atoms with Gasteiger partial charge in [-0.05, 0) is 88.4 Å². The van der Waals surface area contributed by atoms with Gasteiger partial charge in [0.25, 0.3) is 0 Å². The highest BCUT2D eigenvalue weighted by Gasteiger charge is 2.39. The third kappa shape index (κ3) is 6.14. The van der Waals surface area contributed by atoms with Crippen LogP contribution in [0.1, 0.15) is 76.0 Å². The Morgan fingerprint density at radius 3 is 2.67 bits per heavy atom. The molecule has 2 aliphatic heterocycles. The molecule has 2 aromatic heterocycles. The molecule has 3 aliphatic rings. The van der Waals surface area contributed by atoms with Crippen molar-refractivity contribution in [2.24, 2.45) is 17.8 Å². The maximum atomic E-state index is 14.3. The highest BCUT2D eigenvalue weighted by Crippen LogP contribution is 2.41. The zero-order chi connectivity index (χ0) is 27.9. The van der Waals surface area contributed by atoms with Crippen molar-refractivity contribution in [2.45, 2.75) is 83.7 Å². The molecule has 4 heterocycles. The fraction of sp³-hybridized carbons (Fsp3) is 0.690. The molecular weight excluding hydrogens is 505 g/mol. The van der Waals surface area contributed by atoms with Crippen LogP contribution < -0.4 is 16.5 Å². The molecule has 2 saturated heterocycles. The zero-order valence-corrected chi connectivity index (χ0v) is 23.4. The van der Waals surface area contributed by atoms with E-state index in [0.29, 0.717) is 29.9 Å². The van der Waals surface area contributed by atoms with E-state index < -0.39 is 11.7 Å². The fourth-order valence-corrected chi connectivity index (χ4v) is 7.22. The van der Waals surface area contributed by atoms with Crippen LogP contribution in [-0.2, 0) is 12.7 Å². The molecule has 1 aliphatic carbocycles. The Labute approximate surface area is 229 Å². The number of imidazole rings is 1. The first kappa shape index (κ1) is 28.4. The maximum absolute atomic E-state index is 14.3. The largest absolute Gasteiger partial charge is 0.418 e. The van der Waals surface area contributed by atoms with Gasteiger partial charge in [-0.1, -0.05) is 18.9 Å². The lowest BCUT2D eigenvalue weighted by molar-refractivity contribution is -0.136. The summed E-state index contributed by atoms with van der Waals surface area (Å²) in [5.74, 6) is 1.15. The van der Waals surface area contributed by atoms with Gasteiger partial charge in [0.2, 0.25) is 0 Å². The van der Waals surface area contributed by atoms with Gasteiger partial charge in [-0.2, -0.15) is 13.2 Å². The number of aromatic nitrogens is 2. The third-order valence-corrected chi connectivity index (χ3v) is 9.03. The molecule has 7 nitrogen and oxygen atoms in total. The summed E-state index contributed by atoms with van der Waals surface area (Å²) < 4.78 is 45.6. The first-order valence-electron chi connectivity index (χ1n) is 14.4. The zero-order valence-electron chi connectivity index (χ0n) is 23.4. The van der Waals surface area contributed by atoms with Gasteiger partial charge in [-0.3, -0.25) is 18.8 Å². The van der Waals surface area contributed by atoms with Gasteiger partial charge in [-0.15, -0.1) is 6.58 Å². The molecule has 0 spiro atoms. The van der Waals surface area contributed by atoms with E-state index in [1.54, 1.807) is 10.8 Å². The number of fused-ring (bicyclic) bond motifs is 1. The van der Waals surface area contributed by atoms with E-state index in [-0.39, 0.29) is 23.4 Å². The first-order valence-corrected chi connectivity index (χ1v) is 14.4. The lowest BCUT2D eigenvalue weighted by Gasteiger charge is -2.39. The molecule has 0 radical (unpaired) electrons. The van der Waals surface area contributed by atoms with Crippen molar-refractivity contribution in [1.82, 2.24) is 29.6 Å². The Bertz CT molecular complexity index is 1240. The van der Waals surface area contributed by atoms with E-state index in [4.69, 9.17) is 0 Å². The molecule has 2 aromatic rings. The predicted molar refractivity (Wildman–Crippen MR) is 147 cm³/mol. The molecule has 216 valence electrons. The minimum Gasteiger partial charge on any atom is -0.299 e. The van der Waals surface area contributed by atoms with Gasteiger partial charge >= 0.3 is 11.9 Å². The van der Waals surface area contributed by atoms with Crippen molar-refractivity contribution < 1.29 is 13.2 Å².